The van der Waals surface area contributed by atoms with Gasteiger partial charge in [-0.1, -0.05) is 48.9 Å². The van der Waals surface area contributed by atoms with Gasteiger partial charge in [0.05, 0.1) is 16.4 Å². The molecule has 0 radical (unpaired) electrons. The Labute approximate surface area is 148 Å². The number of imide groups is 1. The molecule has 25 heavy (non-hydrogen) atoms. The van der Waals surface area contributed by atoms with Crippen molar-refractivity contribution in [1.82, 2.24) is 0 Å². The maximum absolute atomic E-state index is 13.4. The summed E-state index contributed by atoms with van der Waals surface area (Å²) in [6.07, 6.45) is 0.128. The minimum Gasteiger partial charge on any atom is -0.360 e. The molecule has 2 aromatic rings. The van der Waals surface area contributed by atoms with E-state index >= 15 is 0 Å². The fraction of sp³-hybridized carbons (Fsp3) is 0.222. The molecule has 0 spiro atoms. The number of fused-ring (bicyclic) bond motifs is 3. The Morgan fingerprint density at radius 1 is 1.00 bits per heavy atom. The van der Waals surface area contributed by atoms with Gasteiger partial charge in [0.25, 0.3) is 11.6 Å². The van der Waals surface area contributed by atoms with E-state index in [0.29, 0.717) is 10.6 Å². The van der Waals surface area contributed by atoms with Crippen molar-refractivity contribution in [3.05, 3.63) is 59.1 Å². The Morgan fingerprint density at radius 2 is 1.60 bits per heavy atom. The van der Waals surface area contributed by atoms with E-state index in [4.69, 9.17) is 11.6 Å². The molecule has 2 heterocycles. The van der Waals surface area contributed by atoms with Crippen molar-refractivity contribution < 1.29 is 19.9 Å². The van der Waals surface area contributed by atoms with E-state index in [0.717, 1.165) is 4.90 Å². The molecule has 1 saturated heterocycles. The molecule has 0 saturated carbocycles. The molecule has 6 nitrogen and oxygen atoms in total. The van der Waals surface area contributed by atoms with Crippen molar-refractivity contribution in [2.75, 3.05) is 9.96 Å². The standard InChI is InChI=1S/C18H15ClN2O4/c1-2-17-11-7-3-5-9-13(11)21(25)18(17,24)16(23)20(15(17)22)14-10-6-4-8-12(14)19/h3-10,24-25H,2H2,1H3/t17-,18-/m0/s1. The third kappa shape index (κ3) is 1.62. The Balaban J connectivity index is 2.01. The van der Waals surface area contributed by atoms with Crippen molar-refractivity contribution in [3.8, 4) is 0 Å². The van der Waals surface area contributed by atoms with E-state index in [2.05, 4.69) is 0 Å². The molecule has 0 aromatic heterocycles. The van der Waals surface area contributed by atoms with Crippen LogP contribution < -0.4 is 9.96 Å². The van der Waals surface area contributed by atoms with Crippen molar-refractivity contribution in [2.45, 2.75) is 24.5 Å². The number of rotatable bonds is 2. The van der Waals surface area contributed by atoms with Crippen LogP contribution in [0.1, 0.15) is 18.9 Å². The van der Waals surface area contributed by atoms with Gasteiger partial charge in [-0.2, -0.15) is 0 Å². The van der Waals surface area contributed by atoms with E-state index in [1.165, 1.54) is 6.07 Å². The number of hydrogen-bond acceptors (Lipinski definition) is 5. The van der Waals surface area contributed by atoms with Crippen molar-refractivity contribution in [1.29, 1.82) is 0 Å². The summed E-state index contributed by atoms with van der Waals surface area (Å²) in [5.74, 6) is -1.54. The van der Waals surface area contributed by atoms with Crippen LogP contribution in [0.25, 0.3) is 0 Å². The molecule has 0 unspecified atom stereocenters. The highest BCUT2D eigenvalue weighted by Crippen LogP contribution is 2.57. The predicted molar refractivity (Wildman–Crippen MR) is 91.6 cm³/mol. The lowest BCUT2D eigenvalue weighted by molar-refractivity contribution is -0.147. The molecule has 7 heteroatoms. The zero-order valence-electron chi connectivity index (χ0n) is 13.3. The van der Waals surface area contributed by atoms with Gasteiger partial charge in [-0.15, -0.1) is 0 Å². The molecular weight excluding hydrogens is 344 g/mol. The molecule has 2 aliphatic heterocycles. The number of hydroxylamine groups is 1. The van der Waals surface area contributed by atoms with Crippen LogP contribution in [0.3, 0.4) is 0 Å². The number of carbonyl (C=O) groups is 2. The third-order valence-electron chi connectivity index (χ3n) is 5.19. The van der Waals surface area contributed by atoms with Crippen LogP contribution in [0.4, 0.5) is 11.4 Å². The second kappa shape index (κ2) is 5.05. The fourth-order valence-electron chi connectivity index (χ4n) is 3.98. The molecule has 4 rings (SSSR count). The lowest BCUT2D eigenvalue weighted by atomic mass is 9.73. The number of halogens is 1. The monoisotopic (exact) mass is 358 g/mol. The van der Waals surface area contributed by atoms with Crippen LogP contribution in [0.15, 0.2) is 48.5 Å². The summed E-state index contributed by atoms with van der Waals surface area (Å²) < 4.78 is 0. The number of hydrogen-bond donors (Lipinski definition) is 2. The minimum absolute atomic E-state index is 0.128. The first kappa shape index (κ1) is 16.1. The third-order valence-corrected chi connectivity index (χ3v) is 5.51. The van der Waals surface area contributed by atoms with E-state index in [1.54, 1.807) is 49.4 Å². The molecule has 2 aliphatic rings. The zero-order chi connectivity index (χ0) is 18.0. The van der Waals surface area contributed by atoms with Gasteiger partial charge in [0, 0.05) is 0 Å². The molecule has 0 bridgehead atoms. The summed E-state index contributed by atoms with van der Waals surface area (Å²) in [6.45, 7) is 1.70. The molecule has 1 fully saturated rings. The fourth-order valence-corrected chi connectivity index (χ4v) is 4.20. The predicted octanol–water partition coefficient (Wildman–Crippen LogP) is 2.46. The van der Waals surface area contributed by atoms with Gasteiger partial charge < -0.3 is 5.11 Å². The van der Waals surface area contributed by atoms with E-state index in [9.17, 15) is 19.9 Å². The van der Waals surface area contributed by atoms with Crippen molar-refractivity contribution in [3.63, 3.8) is 0 Å². The van der Waals surface area contributed by atoms with Crippen LogP contribution in [0, 0.1) is 0 Å². The average molecular weight is 359 g/mol. The number of nitrogens with zero attached hydrogens (tertiary/aromatic N) is 2. The summed E-state index contributed by atoms with van der Waals surface area (Å²) >= 11 is 6.16. The van der Waals surface area contributed by atoms with Gasteiger partial charge in [0.1, 0.15) is 5.41 Å². The molecule has 128 valence electrons. The van der Waals surface area contributed by atoms with E-state index in [1.807, 2.05) is 0 Å². The number of amides is 2. The smallest absolute Gasteiger partial charge is 0.290 e. The summed E-state index contributed by atoms with van der Waals surface area (Å²) in [7, 11) is 0. The van der Waals surface area contributed by atoms with Gasteiger partial charge in [-0.25, -0.2) is 9.96 Å². The number of carbonyl (C=O) groups excluding carboxylic acids is 2. The van der Waals surface area contributed by atoms with Gasteiger partial charge in [0.15, 0.2) is 0 Å². The molecule has 2 amide bonds. The Bertz CT molecular complexity index is 917. The Kier molecular flexibility index (Phi) is 3.25. The quantitative estimate of drug-likeness (QED) is 0.806. The summed E-state index contributed by atoms with van der Waals surface area (Å²) in [6, 6.07) is 13.0. The highest BCUT2D eigenvalue weighted by atomic mass is 35.5. The second-order valence-corrected chi connectivity index (χ2v) is 6.56. The highest BCUT2D eigenvalue weighted by molar-refractivity contribution is 6.38. The van der Waals surface area contributed by atoms with Gasteiger partial charge in [0.2, 0.25) is 5.91 Å². The number of para-hydroxylation sites is 2. The lowest BCUT2D eigenvalue weighted by Crippen LogP contribution is -2.59. The van der Waals surface area contributed by atoms with Crippen molar-refractivity contribution in [2.24, 2.45) is 0 Å². The molecule has 2 atom stereocenters. The largest absolute Gasteiger partial charge is 0.360 e. The average Bonchev–Trinajstić information content (AvgIpc) is 2.93. The Hall–Kier alpha value is -2.41. The van der Waals surface area contributed by atoms with Gasteiger partial charge in [-0.05, 0) is 30.2 Å². The summed E-state index contributed by atoms with van der Waals surface area (Å²) in [4.78, 5) is 27.3. The topological polar surface area (TPSA) is 81.1 Å². The summed E-state index contributed by atoms with van der Waals surface area (Å²) in [5, 5.41) is 22.5. The normalized spacial score (nSPS) is 27.7. The molecular formula is C18H15ClN2O4. The van der Waals surface area contributed by atoms with E-state index < -0.39 is 23.0 Å². The van der Waals surface area contributed by atoms with Crippen molar-refractivity contribution >= 4 is 34.8 Å². The first-order valence-electron chi connectivity index (χ1n) is 7.85. The minimum atomic E-state index is -2.41. The number of anilines is 2. The Morgan fingerprint density at radius 3 is 2.24 bits per heavy atom. The SMILES string of the molecule is CC[C@]12C(=O)N(c3ccccc3Cl)C(=O)[C@@]1(O)N(O)c1ccccc12. The van der Waals surface area contributed by atoms with Crippen LogP contribution in [-0.4, -0.2) is 27.9 Å². The number of benzene rings is 2. The van der Waals surface area contributed by atoms with Gasteiger partial charge >= 0.3 is 0 Å². The van der Waals surface area contributed by atoms with Crippen LogP contribution in [-0.2, 0) is 15.0 Å². The van der Waals surface area contributed by atoms with Crippen LogP contribution >= 0.6 is 11.6 Å². The molecule has 0 aliphatic carbocycles. The van der Waals surface area contributed by atoms with Crippen LogP contribution in [0.5, 0.6) is 0 Å². The highest BCUT2D eigenvalue weighted by Gasteiger charge is 2.76. The van der Waals surface area contributed by atoms with Gasteiger partial charge in [-0.3, -0.25) is 14.8 Å². The molecule has 2 aromatic carbocycles. The number of aliphatic hydroxyl groups is 1. The maximum atomic E-state index is 13.4. The van der Waals surface area contributed by atoms with E-state index in [-0.39, 0.29) is 22.8 Å². The molecule has 2 N–H and O–H groups in total. The maximum Gasteiger partial charge on any atom is 0.290 e. The lowest BCUT2D eigenvalue weighted by Gasteiger charge is -2.33. The van der Waals surface area contributed by atoms with Crippen LogP contribution in [0.2, 0.25) is 5.02 Å². The zero-order valence-corrected chi connectivity index (χ0v) is 14.1. The second-order valence-electron chi connectivity index (χ2n) is 6.16. The first-order chi connectivity index (χ1) is 11.9. The summed E-state index contributed by atoms with van der Waals surface area (Å²) in [5.41, 5.74) is -3.18. The first-order valence-corrected chi connectivity index (χ1v) is 8.23.